The van der Waals surface area contributed by atoms with Crippen molar-refractivity contribution in [2.24, 2.45) is 0 Å². The molecule has 8 heteroatoms. The van der Waals surface area contributed by atoms with Gasteiger partial charge in [-0.05, 0) is 42.3 Å². The summed E-state index contributed by atoms with van der Waals surface area (Å²) in [5, 5.41) is 0. The molecule has 0 bridgehead atoms. The Morgan fingerprint density at radius 1 is 0.811 bits per heavy atom. The number of nitrogens with one attached hydrogen (secondary N) is 1. The first-order valence-electron chi connectivity index (χ1n) is 11.6. The van der Waals surface area contributed by atoms with Gasteiger partial charge in [0.15, 0.2) is 0 Å². The van der Waals surface area contributed by atoms with Crippen LogP contribution in [0.1, 0.15) is 11.1 Å². The molecule has 0 fully saturated rings. The lowest BCUT2D eigenvalue weighted by Crippen LogP contribution is -2.15. The fourth-order valence-electron chi connectivity index (χ4n) is 3.71. The van der Waals surface area contributed by atoms with Crippen molar-refractivity contribution in [2.45, 2.75) is 18.4 Å². The smallest absolute Gasteiger partial charge is 0.263 e. The SMILES string of the molecule is Cc1ccc(S(=O)(=O)Nc2ncc(-c3cccc(-c4ccccc4)c3)nc2OCc2cccnc2)cc1. The molecule has 0 spiro atoms. The Morgan fingerprint density at radius 2 is 1.57 bits per heavy atom. The molecule has 37 heavy (non-hydrogen) atoms. The quantitative estimate of drug-likeness (QED) is 0.281. The average molecular weight is 509 g/mol. The second kappa shape index (κ2) is 10.6. The fraction of sp³-hybridized carbons (Fsp3) is 0.0690. The van der Waals surface area contributed by atoms with Gasteiger partial charge in [0.05, 0.1) is 16.8 Å². The van der Waals surface area contributed by atoms with Crippen LogP contribution in [-0.4, -0.2) is 23.4 Å². The molecule has 1 N–H and O–H groups in total. The van der Waals surface area contributed by atoms with Crippen LogP contribution in [0, 0.1) is 6.92 Å². The molecule has 0 radical (unpaired) electrons. The lowest BCUT2D eigenvalue weighted by molar-refractivity contribution is 0.294. The molecule has 0 aliphatic rings. The Labute approximate surface area is 215 Å². The van der Waals surface area contributed by atoms with Crippen molar-refractivity contribution in [3.8, 4) is 28.3 Å². The zero-order chi connectivity index (χ0) is 25.7. The maximum absolute atomic E-state index is 13.1. The molecule has 5 rings (SSSR count). The first kappa shape index (κ1) is 24.1. The van der Waals surface area contributed by atoms with Crippen molar-refractivity contribution in [3.05, 3.63) is 121 Å². The molecule has 3 aromatic carbocycles. The molecule has 2 heterocycles. The van der Waals surface area contributed by atoms with Crippen LogP contribution in [0.5, 0.6) is 5.88 Å². The predicted octanol–water partition coefficient (Wildman–Crippen LogP) is 5.89. The molecular weight excluding hydrogens is 484 g/mol. The number of aromatic nitrogens is 3. The third-order valence-electron chi connectivity index (χ3n) is 5.67. The first-order chi connectivity index (χ1) is 18.0. The van der Waals surface area contributed by atoms with E-state index in [2.05, 4.69) is 19.7 Å². The van der Waals surface area contributed by atoms with Gasteiger partial charge in [0.1, 0.15) is 6.61 Å². The molecule has 0 saturated heterocycles. The van der Waals surface area contributed by atoms with Crippen LogP contribution in [-0.2, 0) is 16.6 Å². The number of anilines is 1. The van der Waals surface area contributed by atoms with Crippen molar-refractivity contribution in [3.63, 3.8) is 0 Å². The number of ether oxygens (including phenoxy) is 1. The monoisotopic (exact) mass is 508 g/mol. The Kier molecular flexibility index (Phi) is 6.91. The van der Waals surface area contributed by atoms with Crippen LogP contribution in [0.4, 0.5) is 5.82 Å². The number of rotatable bonds is 8. The van der Waals surface area contributed by atoms with Crippen LogP contribution in [0.2, 0.25) is 0 Å². The molecule has 0 aliphatic carbocycles. The van der Waals surface area contributed by atoms with Crippen molar-refractivity contribution >= 4 is 15.8 Å². The fourth-order valence-corrected chi connectivity index (χ4v) is 4.72. The highest BCUT2D eigenvalue weighted by Crippen LogP contribution is 2.30. The Balaban J connectivity index is 1.50. The largest absolute Gasteiger partial charge is 0.470 e. The molecule has 0 atom stereocenters. The minimum atomic E-state index is -3.90. The first-order valence-corrected chi connectivity index (χ1v) is 13.1. The number of nitrogens with zero attached hydrogens (tertiary/aromatic N) is 3. The topological polar surface area (TPSA) is 94.1 Å². The summed E-state index contributed by atoms with van der Waals surface area (Å²) < 4.78 is 34.6. The summed E-state index contributed by atoms with van der Waals surface area (Å²) in [7, 11) is -3.90. The molecule has 5 aromatic rings. The van der Waals surface area contributed by atoms with Gasteiger partial charge in [-0.2, -0.15) is 0 Å². The normalized spacial score (nSPS) is 11.2. The van der Waals surface area contributed by atoms with E-state index in [1.54, 1.807) is 42.7 Å². The molecular formula is C29H24N4O3S. The second-order valence-corrected chi connectivity index (χ2v) is 10.1. The van der Waals surface area contributed by atoms with Crippen LogP contribution < -0.4 is 9.46 Å². The number of sulfonamides is 1. The van der Waals surface area contributed by atoms with E-state index in [0.717, 1.165) is 27.8 Å². The highest BCUT2D eigenvalue weighted by Gasteiger charge is 2.20. The molecule has 0 aliphatic heterocycles. The number of hydrogen-bond acceptors (Lipinski definition) is 6. The second-order valence-electron chi connectivity index (χ2n) is 8.42. The summed E-state index contributed by atoms with van der Waals surface area (Å²) in [6.07, 6.45) is 4.88. The van der Waals surface area contributed by atoms with Gasteiger partial charge in [0.2, 0.25) is 5.82 Å². The average Bonchev–Trinajstić information content (AvgIpc) is 2.94. The van der Waals surface area contributed by atoms with E-state index < -0.39 is 10.0 Å². The lowest BCUT2D eigenvalue weighted by Gasteiger charge is -2.14. The van der Waals surface area contributed by atoms with E-state index in [-0.39, 0.29) is 23.2 Å². The number of aryl methyl sites for hydroxylation is 1. The van der Waals surface area contributed by atoms with Crippen LogP contribution >= 0.6 is 0 Å². The molecule has 2 aromatic heterocycles. The minimum absolute atomic E-state index is 0.00688. The van der Waals surface area contributed by atoms with Crippen molar-refractivity contribution < 1.29 is 13.2 Å². The third-order valence-corrected chi connectivity index (χ3v) is 7.02. The van der Waals surface area contributed by atoms with E-state index >= 15 is 0 Å². The van der Waals surface area contributed by atoms with Gasteiger partial charge in [0, 0.05) is 23.5 Å². The zero-order valence-electron chi connectivity index (χ0n) is 20.1. The van der Waals surface area contributed by atoms with Crippen molar-refractivity contribution in [2.75, 3.05) is 4.72 Å². The van der Waals surface area contributed by atoms with E-state index in [1.807, 2.05) is 67.6 Å². The Hall–Kier alpha value is -4.56. The standard InChI is InChI=1S/C29H24N4O3S/c1-21-12-14-26(15-13-21)37(34,35)33-28-29(36-20-22-7-6-16-30-18-22)32-27(19-31-28)25-11-5-10-24(17-25)23-8-3-2-4-9-23/h2-19H,20H2,1H3,(H,31,33). The number of hydrogen-bond donors (Lipinski definition) is 1. The summed E-state index contributed by atoms with van der Waals surface area (Å²) in [5.41, 5.74) is 5.26. The summed E-state index contributed by atoms with van der Waals surface area (Å²) in [6.45, 7) is 2.04. The summed E-state index contributed by atoms with van der Waals surface area (Å²) in [5.74, 6) is 0.0783. The molecule has 7 nitrogen and oxygen atoms in total. The van der Waals surface area contributed by atoms with Crippen LogP contribution in [0.3, 0.4) is 0 Å². The number of benzene rings is 3. The van der Waals surface area contributed by atoms with Gasteiger partial charge < -0.3 is 4.74 Å². The highest BCUT2D eigenvalue weighted by atomic mass is 32.2. The zero-order valence-corrected chi connectivity index (χ0v) is 20.9. The number of pyridine rings is 1. The third kappa shape index (κ3) is 5.82. The summed E-state index contributed by atoms with van der Waals surface area (Å²) in [4.78, 5) is 13.3. The summed E-state index contributed by atoms with van der Waals surface area (Å²) >= 11 is 0. The van der Waals surface area contributed by atoms with Gasteiger partial charge in [-0.25, -0.2) is 18.4 Å². The minimum Gasteiger partial charge on any atom is -0.470 e. The summed E-state index contributed by atoms with van der Waals surface area (Å²) in [6, 6.07) is 28.2. The van der Waals surface area contributed by atoms with Gasteiger partial charge in [-0.15, -0.1) is 0 Å². The van der Waals surface area contributed by atoms with Gasteiger partial charge >= 0.3 is 0 Å². The Bertz CT molecular complexity index is 1610. The van der Waals surface area contributed by atoms with Crippen molar-refractivity contribution in [1.29, 1.82) is 0 Å². The van der Waals surface area contributed by atoms with Gasteiger partial charge in [-0.1, -0.05) is 72.3 Å². The van der Waals surface area contributed by atoms with Crippen LogP contribution in [0.15, 0.2) is 114 Å². The van der Waals surface area contributed by atoms with Gasteiger partial charge in [0.25, 0.3) is 15.9 Å². The molecule has 184 valence electrons. The predicted molar refractivity (Wildman–Crippen MR) is 143 cm³/mol. The highest BCUT2D eigenvalue weighted by molar-refractivity contribution is 7.92. The van der Waals surface area contributed by atoms with E-state index in [9.17, 15) is 8.42 Å². The Morgan fingerprint density at radius 3 is 2.32 bits per heavy atom. The molecule has 0 amide bonds. The van der Waals surface area contributed by atoms with Crippen LogP contribution in [0.25, 0.3) is 22.4 Å². The van der Waals surface area contributed by atoms with E-state index in [4.69, 9.17) is 4.74 Å². The molecule has 0 saturated carbocycles. The maximum Gasteiger partial charge on any atom is 0.263 e. The van der Waals surface area contributed by atoms with E-state index in [0.29, 0.717) is 5.69 Å². The van der Waals surface area contributed by atoms with E-state index in [1.165, 1.54) is 6.20 Å². The van der Waals surface area contributed by atoms with Crippen molar-refractivity contribution in [1.82, 2.24) is 15.0 Å². The maximum atomic E-state index is 13.1. The van der Waals surface area contributed by atoms with Gasteiger partial charge in [-0.3, -0.25) is 9.71 Å². The molecule has 0 unspecified atom stereocenters. The lowest BCUT2D eigenvalue weighted by atomic mass is 10.0.